The number of fused-ring (bicyclic) bond motifs is 1. The van der Waals surface area contributed by atoms with Crippen molar-refractivity contribution >= 4 is 0 Å². The summed E-state index contributed by atoms with van der Waals surface area (Å²) in [5.74, 6) is 0.448. The van der Waals surface area contributed by atoms with Crippen LogP contribution in [-0.2, 0) is 0 Å². The number of hydrogen-bond donors (Lipinski definition) is 1. The van der Waals surface area contributed by atoms with Gasteiger partial charge in [-0.1, -0.05) is 0 Å². The number of nitrogens with one attached hydrogen (secondary N) is 1. The maximum Gasteiger partial charge on any atom is 0.397 e. The standard InChI is InChI=1S/C11H17F3N2/c12-11(13,14)10-6-15-3-9(10)5-16(7-10)4-8-1-2-8/h8-9,15H,1-7H2. The molecule has 0 aromatic rings. The Morgan fingerprint density at radius 1 is 1.31 bits per heavy atom. The van der Waals surface area contributed by atoms with Crippen LogP contribution >= 0.6 is 0 Å². The fourth-order valence-corrected chi connectivity index (χ4v) is 3.23. The second-order valence-electron chi connectivity index (χ2n) is 5.62. The Morgan fingerprint density at radius 2 is 2.06 bits per heavy atom. The first kappa shape index (κ1) is 10.8. The maximum absolute atomic E-state index is 13.2. The van der Waals surface area contributed by atoms with E-state index in [1.165, 1.54) is 12.8 Å². The average molecular weight is 234 g/mol. The summed E-state index contributed by atoms with van der Waals surface area (Å²) >= 11 is 0. The molecule has 0 bridgehead atoms. The minimum Gasteiger partial charge on any atom is -0.315 e. The van der Waals surface area contributed by atoms with Crippen LogP contribution in [0.15, 0.2) is 0 Å². The summed E-state index contributed by atoms with van der Waals surface area (Å²) < 4.78 is 39.5. The number of nitrogens with zero attached hydrogens (tertiary/aromatic N) is 1. The van der Waals surface area contributed by atoms with Gasteiger partial charge < -0.3 is 10.2 Å². The van der Waals surface area contributed by atoms with E-state index in [-0.39, 0.29) is 19.0 Å². The van der Waals surface area contributed by atoms with Crippen LogP contribution in [0.2, 0.25) is 0 Å². The molecule has 1 aliphatic carbocycles. The molecule has 3 aliphatic rings. The lowest BCUT2D eigenvalue weighted by Gasteiger charge is -2.30. The van der Waals surface area contributed by atoms with Crippen molar-refractivity contribution in [2.75, 3.05) is 32.7 Å². The topological polar surface area (TPSA) is 15.3 Å². The zero-order valence-corrected chi connectivity index (χ0v) is 9.19. The summed E-state index contributed by atoms with van der Waals surface area (Å²) in [7, 11) is 0. The molecule has 2 saturated heterocycles. The molecular weight excluding hydrogens is 217 g/mol. The van der Waals surface area contributed by atoms with Gasteiger partial charge in [-0.3, -0.25) is 0 Å². The molecule has 0 amide bonds. The van der Waals surface area contributed by atoms with Crippen molar-refractivity contribution < 1.29 is 13.2 Å². The van der Waals surface area contributed by atoms with E-state index in [9.17, 15) is 13.2 Å². The van der Waals surface area contributed by atoms with Crippen molar-refractivity contribution in [2.45, 2.75) is 19.0 Å². The van der Waals surface area contributed by atoms with Crippen LogP contribution < -0.4 is 5.32 Å². The van der Waals surface area contributed by atoms with E-state index in [1.54, 1.807) is 0 Å². The highest BCUT2D eigenvalue weighted by Crippen LogP contribution is 2.51. The summed E-state index contributed by atoms with van der Waals surface area (Å²) in [6.45, 7) is 2.37. The molecule has 0 radical (unpaired) electrons. The zero-order chi connectivity index (χ0) is 11.4. The molecule has 2 unspecified atom stereocenters. The van der Waals surface area contributed by atoms with Gasteiger partial charge in [0.05, 0.1) is 5.41 Å². The summed E-state index contributed by atoms with van der Waals surface area (Å²) in [5, 5.41) is 2.91. The highest BCUT2D eigenvalue weighted by molar-refractivity contribution is 5.07. The van der Waals surface area contributed by atoms with Crippen LogP contribution in [0.5, 0.6) is 0 Å². The lowest BCUT2D eigenvalue weighted by atomic mass is 9.80. The molecule has 16 heavy (non-hydrogen) atoms. The van der Waals surface area contributed by atoms with E-state index in [0.717, 1.165) is 6.54 Å². The Hall–Kier alpha value is -0.290. The number of hydrogen-bond acceptors (Lipinski definition) is 2. The number of rotatable bonds is 2. The molecule has 0 aromatic heterocycles. The minimum atomic E-state index is -4.06. The van der Waals surface area contributed by atoms with Gasteiger partial charge >= 0.3 is 6.18 Å². The van der Waals surface area contributed by atoms with Crippen molar-refractivity contribution in [2.24, 2.45) is 17.3 Å². The van der Waals surface area contributed by atoms with Crippen LogP contribution in [0.1, 0.15) is 12.8 Å². The van der Waals surface area contributed by atoms with Gasteiger partial charge in [-0.25, -0.2) is 0 Å². The van der Waals surface area contributed by atoms with Crippen molar-refractivity contribution in [3.05, 3.63) is 0 Å². The van der Waals surface area contributed by atoms with E-state index in [0.29, 0.717) is 19.0 Å². The predicted octanol–water partition coefficient (Wildman–Crippen LogP) is 1.48. The maximum atomic E-state index is 13.2. The second-order valence-corrected chi connectivity index (χ2v) is 5.62. The van der Waals surface area contributed by atoms with E-state index in [4.69, 9.17) is 0 Å². The first-order chi connectivity index (χ1) is 7.51. The predicted molar refractivity (Wildman–Crippen MR) is 54.0 cm³/mol. The normalized spacial score (nSPS) is 40.3. The molecule has 1 N–H and O–H groups in total. The average Bonchev–Trinajstić information content (AvgIpc) is 2.71. The highest BCUT2D eigenvalue weighted by atomic mass is 19.4. The lowest BCUT2D eigenvalue weighted by Crippen LogP contribution is -2.45. The smallest absolute Gasteiger partial charge is 0.315 e. The Morgan fingerprint density at radius 3 is 2.62 bits per heavy atom. The number of likely N-dealkylation sites (tertiary alicyclic amines) is 1. The largest absolute Gasteiger partial charge is 0.397 e. The fraction of sp³-hybridized carbons (Fsp3) is 1.00. The third-order valence-corrected chi connectivity index (χ3v) is 4.37. The molecule has 0 aromatic carbocycles. The van der Waals surface area contributed by atoms with Crippen LogP contribution in [0.3, 0.4) is 0 Å². The van der Waals surface area contributed by atoms with Gasteiger partial charge in [0.25, 0.3) is 0 Å². The van der Waals surface area contributed by atoms with Crippen molar-refractivity contribution in [3.63, 3.8) is 0 Å². The molecule has 92 valence electrons. The van der Waals surface area contributed by atoms with Gasteiger partial charge in [0.15, 0.2) is 0 Å². The van der Waals surface area contributed by atoms with Crippen LogP contribution in [0, 0.1) is 17.3 Å². The monoisotopic (exact) mass is 234 g/mol. The molecule has 2 aliphatic heterocycles. The van der Waals surface area contributed by atoms with E-state index >= 15 is 0 Å². The van der Waals surface area contributed by atoms with Gasteiger partial charge in [-0.2, -0.15) is 13.2 Å². The minimum absolute atomic E-state index is 0.113. The van der Waals surface area contributed by atoms with Gasteiger partial charge in [-0.05, 0) is 18.8 Å². The van der Waals surface area contributed by atoms with Gasteiger partial charge in [-0.15, -0.1) is 0 Å². The number of alkyl halides is 3. The van der Waals surface area contributed by atoms with E-state index in [1.807, 2.05) is 4.90 Å². The molecule has 3 fully saturated rings. The lowest BCUT2D eigenvalue weighted by molar-refractivity contribution is -0.221. The number of halogens is 3. The van der Waals surface area contributed by atoms with Gasteiger partial charge in [0.2, 0.25) is 0 Å². The van der Waals surface area contributed by atoms with Crippen LogP contribution in [0.4, 0.5) is 13.2 Å². The molecule has 2 nitrogen and oxygen atoms in total. The van der Waals surface area contributed by atoms with Crippen molar-refractivity contribution in [1.82, 2.24) is 10.2 Å². The Balaban J connectivity index is 1.75. The third kappa shape index (κ3) is 1.56. The van der Waals surface area contributed by atoms with Crippen LogP contribution in [0.25, 0.3) is 0 Å². The van der Waals surface area contributed by atoms with E-state index in [2.05, 4.69) is 5.32 Å². The van der Waals surface area contributed by atoms with Crippen molar-refractivity contribution in [3.8, 4) is 0 Å². The molecule has 5 heteroatoms. The summed E-state index contributed by atoms with van der Waals surface area (Å²) in [6.07, 6.45) is -1.64. The first-order valence-corrected chi connectivity index (χ1v) is 6.01. The Kier molecular flexibility index (Phi) is 2.27. The van der Waals surface area contributed by atoms with Crippen molar-refractivity contribution in [1.29, 1.82) is 0 Å². The summed E-state index contributed by atoms with van der Waals surface area (Å²) in [4.78, 5) is 2.04. The SMILES string of the molecule is FC(F)(F)C12CNCC1CN(CC1CC1)C2. The Labute approximate surface area is 93.2 Å². The molecular formula is C11H17F3N2. The zero-order valence-electron chi connectivity index (χ0n) is 9.19. The molecule has 2 atom stereocenters. The quantitative estimate of drug-likeness (QED) is 0.778. The van der Waals surface area contributed by atoms with Crippen LogP contribution in [-0.4, -0.2) is 43.8 Å². The van der Waals surface area contributed by atoms with E-state index < -0.39 is 11.6 Å². The molecule has 1 saturated carbocycles. The summed E-state index contributed by atoms with van der Waals surface area (Å²) in [6, 6.07) is 0. The Bertz CT molecular complexity index is 287. The fourth-order valence-electron chi connectivity index (χ4n) is 3.23. The molecule has 3 rings (SSSR count). The van der Waals surface area contributed by atoms with Gasteiger partial charge in [0.1, 0.15) is 0 Å². The second kappa shape index (κ2) is 3.35. The molecule has 0 spiro atoms. The third-order valence-electron chi connectivity index (χ3n) is 4.37. The first-order valence-electron chi connectivity index (χ1n) is 6.01. The highest BCUT2D eigenvalue weighted by Gasteiger charge is 2.64. The van der Waals surface area contributed by atoms with Gasteiger partial charge in [0, 0.05) is 38.6 Å². The summed E-state index contributed by atoms with van der Waals surface area (Å²) in [5.41, 5.74) is -1.46. The molecule has 2 heterocycles.